The van der Waals surface area contributed by atoms with Crippen LogP contribution in [-0.4, -0.2) is 22.7 Å². The van der Waals surface area contributed by atoms with Gasteiger partial charge in [-0.2, -0.15) is 5.10 Å². The molecule has 0 fully saturated rings. The van der Waals surface area contributed by atoms with Crippen molar-refractivity contribution < 1.29 is 9.53 Å². The average molecular weight is 453 g/mol. The first-order valence-corrected chi connectivity index (χ1v) is 11.4. The third-order valence-electron chi connectivity index (χ3n) is 6.39. The lowest BCUT2D eigenvalue weighted by Gasteiger charge is -2.37. The van der Waals surface area contributed by atoms with Crippen molar-refractivity contribution >= 4 is 33.9 Å². The molecule has 0 aromatic heterocycles. The number of fused-ring (bicyclic) bond motifs is 4. The van der Waals surface area contributed by atoms with Gasteiger partial charge in [0.05, 0.1) is 11.8 Å². The highest BCUT2D eigenvalue weighted by Crippen LogP contribution is 2.44. The van der Waals surface area contributed by atoms with E-state index in [0.717, 1.165) is 27.8 Å². The molecular weight excluding hydrogens is 432 g/mol. The minimum absolute atomic E-state index is 0.107. The van der Waals surface area contributed by atoms with Crippen molar-refractivity contribution in [1.29, 1.82) is 0 Å². The molecule has 4 nitrogen and oxygen atoms in total. The third kappa shape index (κ3) is 3.47. The van der Waals surface area contributed by atoms with Gasteiger partial charge in [0.25, 0.3) is 6.23 Å². The molecule has 0 spiro atoms. The lowest BCUT2D eigenvalue weighted by Crippen LogP contribution is -2.45. The smallest absolute Gasteiger partial charge is 0.251 e. The second-order valence-electron chi connectivity index (χ2n) is 8.59. The first-order valence-electron chi connectivity index (χ1n) is 11.0. The van der Waals surface area contributed by atoms with E-state index in [9.17, 15) is 4.79 Å². The maximum absolute atomic E-state index is 13.5. The van der Waals surface area contributed by atoms with E-state index in [1.54, 1.807) is 6.07 Å². The number of rotatable bonds is 3. The van der Waals surface area contributed by atoms with E-state index in [-0.39, 0.29) is 11.8 Å². The fourth-order valence-corrected chi connectivity index (χ4v) is 4.82. The summed E-state index contributed by atoms with van der Waals surface area (Å²) in [5.74, 6) is 0.574. The molecule has 2 heterocycles. The summed E-state index contributed by atoms with van der Waals surface area (Å²) in [6, 6.07) is 27.6. The number of carbonyl (C=O) groups is 1. The quantitative estimate of drug-likeness (QED) is 0.331. The van der Waals surface area contributed by atoms with Crippen molar-refractivity contribution in [3.8, 4) is 5.75 Å². The van der Waals surface area contributed by atoms with Crippen LogP contribution in [0.5, 0.6) is 5.75 Å². The van der Waals surface area contributed by atoms with E-state index in [2.05, 4.69) is 30.3 Å². The minimum Gasteiger partial charge on any atom is -0.461 e. The van der Waals surface area contributed by atoms with Crippen LogP contribution in [0.25, 0.3) is 10.8 Å². The second-order valence-corrected chi connectivity index (χ2v) is 9.03. The van der Waals surface area contributed by atoms with E-state index in [1.807, 2.05) is 60.5 Å². The molecule has 0 amide bonds. The molecule has 2 aliphatic heterocycles. The van der Waals surface area contributed by atoms with Crippen molar-refractivity contribution in [3.05, 3.63) is 112 Å². The van der Waals surface area contributed by atoms with Crippen LogP contribution in [0.4, 0.5) is 0 Å². The summed E-state index contributed by atoms with van der Waals surface area (Å²) >= 11 is 6.32. The van der Waals surface area contributed by atoms with Gasteiger partial charge in [-0.15, -0.1) is 0 Å². The molecule has 4 aromatic carbocycles. The number of nitrogens with zero attached hydrogens (tertiary/aromatic N) is 2. The average Bonchev–Trinajstić information content (AvgIpc) is 3.29. The summed E-state index contributed by atoms with van der Waals surface area (Å²) < 4.78 is 6.21. The number of ketones is 1. The van der Waals surface area contributed by atoms with Crippen LogP contribution < -0.4 is 4.74 Å². The molecule has 2 atom stereocenters. The molecule has 4 aromatic rings. The number of Topliss-reactive ketones (excluding diaryl/α,β-unsaturated/α-hetero) is 1. The second kappa shape index (κ2) is 7.75. The molecule has 6 rings (SSSR count). The predicted octanol–water partition coefficient (Wildman–Crippen LogP) is 6.55. The van der Waals surface area contributed by atoms with Crippen molar-refractivity contribution in [2.75, 3.05) is 0 Å². The fourth-order valence-electron chi connectivity index (χ4n) is 4.63. The number of halogens is 1. The van der Waals surface area contributed by atoms with Crippen LogP contribution in [0.2, 0.25) is 5.02 Å². The Bertz CT molecular complexity index is 1430. The van der Waals surface area contributed by atoms with E-state index in [0.29, 0.717) is 22.8 Å². The zero-order valence-corrected chi connectivity index (χ0v) is 18.8. The Kier molecular flexibility index (Phi) is 4.70. The Morgan fingerprint density at radius 2 is 1.76 bits per heavy atom. The first-order chi connectivity index (χ1) is 16.1. The standard InChI is InChI=1S/C28H21ClN2O2/c1-17-6-8-19(9-7-17)27(32)28-31-25(23-15-22(29)12-13-26(23)33-28)16-24(30-31)21-11-10-18-4-2-3-5-20(18)14-21/h2-15,25,28H,16H2,1H3/t25-,28+/m0/s1. The zero-order valence-electron chi connectivity index (χ0n) is 18.0. The molecule has 33 heavy (non-hydrogen) atoms. The van der Waals surface area contributed by atoms with Gasteiger partial charge < -0.3 is 4.74 Å². The van der Waals surface area contributed by atoms with E-state index in [1.165, 1.54) is 5.39 Å². The first kappa shape index (κ1) is 20.0. The largest absolute Gasteiger partial charge is 0.461 e. The summed E-state index contributed by atoms with van der Waals surface area (Å²) in [7, 11) is 0. The topological polar surface area (TPSA) is 41.9 Å². The summed E-state index contributed by atoms with van der Waals surface area (Å²) in [5, 5.41) is 9.72. The summed E-state index contributed by atoms with van der Waals surface area (Å²) in [5.41, 5.74) is 4.65. The molecule has 162 valence electrons. The van der Waals surface area contributed by atoms with Gasteiger partial charge in [-0.1, -0.05) is 77.8 Å². The Balaban J connectivity index is 1.43. The lowest BCUT2D eigenvalue weighted by molar-refractivity contribution is -0.00455. The summed E-state index contributed by atoms with van der Waals surface area (Å²) in [6.45, 7) is 2.00. The predicted molar refractivity (Wildman–Crippen MR) is 131 cm³/mol. The molecule has 0 radical (unpaired) electrons. The molecule has 5 heteroatoms. The van der Waals surface area contributed by atoms with Crippen LogP contribution in [-0.2, 0) is 0 Å². The highest BCUT2D eigenvalue weighted by molar-refractivity contribution is 6.30. The lowest BCUT2D eigenvalue weighted by atomic mass is 9.95. The van der Waals surface area contributed by atoms with Crippen molar-refractivity contribution in [2.45, 2.75) is 25.6 Å². The molecule has 0 aliphatic carbocycles. The van der Waals surface area contributed by atoms with Crippen molar-refractivity contribution in [3.63, 3.8) is 0 Å². The number of hydrogen-bond acceptors (Lipinski definition) is 4. The fraction of sp³-hybridized carbons (Fsp3) is 0.143. The number of carbonyl (C=O) groups excluding carboxylic acids is 1. The van der Waals surface area contributed by atoms with Gasteiger partial charge in [0.15, 0.2) is 0 Å². The number of hydrazone groups is 1. The van der Waals surface area contributed by atoms with Crippen molar-refractivity contribution in [1.82, 2.24) is 5.01 Å². The zero-order chi connectivity index (χ0) is 22.5. The maximum Gasteiger partial charge on any atom is 0.251 e. The number of ether oxygens (including phenoxy) is 1. The van der Waals surface area contributed by atoms with Crippen LogP contribution >= 0.6 is 11.6 Å². The van der Waals surface area contributed by atoms with E-state index < -0.39 is 6.23 Å². The number of benzene rings is 4. The SMILES string of the molecule is Cc1ccc(C(=O)[C@H]2Oc3ccc(Cl)cc3[C@@H]3CC(c4ccc5ccccc5c4)=NN23)cc1. The molecule has 0 bridgehead atoms. The highest BCUT2D eigenvalue weighted by Gasteiger charge is 2.43. The van der Waals surface area contributed by atoms with Crippen LogP contribution in [0.15, 0.2) is 90.0 Å². The van der Waals surface area contributed by atoms with Crippen LogP contribution in [0.1, 0.15) is 39.5 Å². The molecular formula is C28H21ClN2O2. The normalized spacial score (nSPS) is 19.0. The van der Waals surface area contributed by atoms with Crippen LogP contribution in [0.3, 0.4) is 0 Å². The van der Waals surface area contributed by atoms with Gasteiger partial charge in [-0.3, -0.25) is 4.79 Å². The van der Waals surface area contributed by atoms with E-state index in [4.69, 9.17) is 21.4 Å². The molecule has 0 saturated carbocycles. The van der Waals surface area contributed by atoms with E-state index >= 15 is 0 Å². The van der Waals surface area contributed by atoms with Gasteiger partial charge in [0, 0.05) is 22.6 Å². The number of aryl methyl sites for hydroxylation is 1. The van der Waals surface area contributed by atoms with Gasteiger partial charge >= 0.3 is 0 Å². The molecule has 0 saturated heterocycles. The third-order valence-corrected chi connectivity index (χ3v) is 6.63. The summed E-state index contributed by atoms with van der Waals surface area (Å²) in [6.07, 6.45) is -0.156. The van der Waals surface area contributed by atoms with Gasteiger partial charge in [0.1, 0.15) is 5.75 Å². The Morgan fingerprint density at radius 1 is 0.970 bits per heavy atom. The van der Waals surface area contributed by atoms with Gasteiger partial charge in [-0.05, 0) is 47.5 Å². The maximum atomic E-state index is 13.5. The molecule has 0 unspecified atom stereocenters. The Labute approximate surface area is 197 Å². The molecule has 2 aliphatic rings. The van der Waals surface area contributed by atoms with Crippen LogP contribution in [0, 0.1) is 6.92 Å². The van der Waals surface area contributed by atoms with Crippen molar-refractivity contribution in [2.24, 2.45) is 5.10 Å². The Hall–Kier alpha value is -3.63. The summed E-state index contributed by atoms with van der Waals surface area (Å²) in [4.78, 5) is 13.5. The number of hydrogen-bond donors (Lipinski definition) is 0. The molecule has 0 N–H and O–H groups in total. The minimum atomic E-state index is -0.829. The Morgan fingerprint density at radius 3 is 2.58 bits per heavy atom. The van der Waals surface area contributed by atoms with Gasteiger partial charge in [0.2, 0.25) is 5.78 Å². The highest BCUT2D eigenvalue weighted by atomic mass is 35.5. The monoisotopic (exact) mass is 452 g/mol. The van der Waals surface area contributed by atoms with Gasteiger partial charge in [-0.25, -0.2) is 5.01 Å².